The van der Waals surface area contributed by atoms with Crippen molar-refractivity contribution in [1.29, 1.82) is 0 Å². The average molecular weight is 297 g/mol. The van der Waals surface area contributed by atoms with Gasteiger partial charge in [0.2, 0.25) is 5.91 Å². The van der Waals surface area contributed by atoms with Crippen LogP contribution in [0.4, 0.5) is 17.1 Å². The summed E-state index contributed by atoms with van der Waals surface area (Å²) in [4.78, 5) is 11.4. The minimum absolute atomic E-state index is 0.0122. The number of sulfone groups is 1. The van der Waals surface area contributed by atoms with Gasteiger partial charge in [-0.3, -0.25) is 4.79 Å². The van der Waals surface area contributed by atoms with E-state index >= 15 is 0 Å². The van der Waals surface area contributed by atoms with E-state index < -0.39 is 9.84 Å². The molecule has 1 heterocycles. The summed E-state index contributed by atoms with van der Waals surface area (Å²) in [6.45, 7) is 1.92. The van der Waals surface area contributed by atoms with Crippen molar-refractivity contribution in [3.05, 3.63) is 17.7 Å². The van der Waals surface area contributed by atoms with Crippen LogP contribution in [-0.2, 0) is 21.1 Å². The van der Waals surface area contributed by atoms with Crippen LogP contribution in [0.15, 0.2) is 12.1 Å². The van der Waals surface area contributed by atoms with Crippen molar-refractivity contribution >= 4 is 32.8 Å². The summed E-state index contributed by atoms with van der Waals surface area (Å²) in [5.41, 5.74) is 8.91. The van der Waals surface area contributed by atoms with Gasteiger partial charge < -0.3 is 16.4 Å². The number of benzene rings is 1. The van der Waals surface area contributed by atoms with Crippen LogP contribution >= 0.6 is 0 Å². The normalized spacial score (nSPS) is 14.6. The van der Waals surface area contributed by atoms with Crippen LogP contribution in [0.1, 0.15) is 18.9 Å². The van der Waals surface area contributed by atoms with Gasteiger partial charge >= 0.3 is 0 Å². The maximum Gasteiger partial charge on any atom is 0.224 e. The molecule has 1 amide bonds. The molecular formula is C13H19N3O3S. The summed E-state index contributed by atoms with van der Waals surface area (Å²) in [6.07, 6.45) is 1.14. The minimum atomic E-state index is -3.00. The van der Waals surface area contributed by atoms with Gasteiger partial charge in [0.25, 0.3) is 0 Å². The van der Waals surface area contributed by atoms with Crippen molar-refractivity contribution in [3.8, 4) is 0 Å². The fraction of sp³-hybridized carbons (Fsp3) is 0.462. The second-order valence-corrected chi connectivity index (χ2v) is 7.28. The first-order valence-corrected chi connectivity index (χ1v) is 8.40. The van der Waals surface area contributed by atoms with Crippen molar-refractivity contribution in [2.75, 3.05) is 34.4 Å². The van der Waals surface area contributed by atoms with Gasteiger partial charge in [0.1, 0.15) is 0 Å². The number of rotatable bonds is 5. The smallest absolute Gasteiger partial charge is 0.224 e. The lowest BCUT2D eigenvalue weighted by atomic mass is 10.0. The Hall–Kier alpha value is -1.76. The van der Waals surface area contributed by atoms with Crippen LogP contribution in [0, 0.1) is 0 Å². The van der Waals surface area contributed by atoms with Crippen molar-refractivity contribution in [1.82, 2.24) is 0 Å². The maximum atomic E-state index is 11.4. The summed E-state index contributed by atoms with van der Waals surface area (Å²) in [5, 5.41) is 5.81. The summed E-state index contributed by atoms with van der Waals surface area (Å²) in [5.74, 6) is 0.179. The minimum Gasteiger partial charge on any atom is -0.397 e. The molecule has 2 rings (SSSR count). The summed E-state index contributed by atoms with van der Waals surface area (Å²) in [7, 11) is -3.00. The molecule has 0 spiro atoms. The number of anilines is 3. The lowest BCUT2D eigenvalue weighted by Gasteiger charge is -2.19. The number of fused-ring (bicyclic) bond motifs is 1. The molecule has 1 aromatic carbocycles. The topological polar surface area (TPSA) is 101 Å². The van der Waals surface area contributed by atoms with Crippen molar-refractivity contribution in [2.24, 2.45) is 0 Å². The lowest BCUT2D eigenvalue weighted by molar-refractivity contribution is -0.116. The number of aryl methyl sites for hydroxylation is 1. The Labute approximate surface area is 118 Å². The van der Waals surface area contributed by atoms with E-state index in [0.29, 0.717) is 30.8 Å². The molecule has 0 saturated heterocycles. The van der Waals surface area contributed by atoms with Gasteiger partial charge in [-0.2, -0.15) is 0 Å². The Balaban J connectivity index is 2.09. The molecule has 0 fully saturated rings. The largest absolute Gasteiger partial charge is 0.397 e. The van der Waals surface area contributed by atoms with Crippen molar-refractivity contribution in [3.63, 3.8) is 0 Å². The van der Waals surface area contributed by atoms with Gasteiger partial charge in [-0.25, -0.2) is 8.42 Å². The summed E-state index contributed by atoms with van der Waals surface area (Å²) < 4.78 is 22.8. The molecule has 0 radical (unpaired) electrons. The van der Waals surface area contributed by atoms with E-state index in [2.05, 4.69) is 10.6 Å². The Morgan fingerprint density at radius 1 is 1.35 bits per heavy atom. The third-order valence-corrected chi connectivity index (χ3v) is 5.04. The lowest BCUT2D eigenvalue weighted by Crippen LogP contribution is -2.20. The molecule has 20 heavy (non-hydrogen) atoms. The molecule has 6 nitrogen and oxygen atoms in total. The average Bonchev–Trinajstić information content (AvgIpc) is 2.40. The molecule has 1 aliphatic heterocycles. The molecule has 0 bridgehead atoms. The van der Waals surface area contributed by atoms with Crippen molar-refractivity contribution < 1.29 is 13.2 Å². The van der Waals surface area contributed by atoms with Gasteiger partial charge in [0.05, 0.1) is 17.1 Å². The number of hydrogen-bond acceptors (Lipinski definition) is 5. The summed E-state index contributed by atoms with van der Waals surface area (Å²) in [6, 6.07) is 3.59. The molecule has 0 saturated carbocycles. The Bertz CT molecular complexity index is 626. The molecule has 0 atom stereocenters. The zero-order chi connectivity index (χ0) is 14.8. The molecule has 0 aliphatic carbocycles. The number of nitrogens with one attached hydrogen (secondary N) is 2. The van der Waals surface area contributed by atoms with Gasteiger partial charge in [-0.15, -0.1) is 0 Å². The second kappa shape index (κ2) is 5.70. The standard InChI is InChI=1S/C13H19N3O3S/c1-2-20(18,19)6-5-15-12-8-11-9(7-10(12)14)3-4-13(17)16-11/h7-8,15H,2-6,14H2,1H3,(H,16,17). The number of hydrogen-bond donors (Lipinski definition) is 3. The fourth-order valence-electron chi connectivity index (χ4n) is 2.09. The Kier molecular flexibility index (Phi) is 4.17. The molecular weight excluding hydrogens is 278 g/mol. The van der Waals surface area contributed by atoms with Gasteiger partial charge in [0.15, 0.2) is 9.84 Å². The predicted octanol–water partition coefficient (Wildman–Crippen LogP) is 1.00. The third kappa shape index (κ3) is 3.41. The SMILES string of the molecule is CCS(=O)(=O)CCNc1cc2c(cc1N)CCC(=O)N2. The second-order valence-electron chi connectivity index (χ2n) is 4.81. The number of carbonyl (C=O) groups excluding carboxylic acids is 1. The first kappa shape index (κ1) is 14.6. The van der Waals surface area contributed by atoms with Crippen LogP contribution in [-0.4, -0.2) is 32.4 Å². The van der Waals surface area contributed by atoms with E-state index in [0.717, 1.165) is 11.3 Å². The molecule has 4 N–H and O–H groups in total. The first-order valence-electron chi connectivity index (χ1n) is 6.58. The highest BCUT2D eigenvalue weighted by atomic mass is 32.2. The van der Waals surface area contributed by atoms with Crippen LogP contribution in [0.2, 0.25) is 0 Å². The van der Waals surface area contributed by atoms with E-state index in [1.54, 1.807) is 13.0 Å². The Morgan fingerprint density at radius 3 is 2.80 bits per heavy atom. The van der Waals surface area contributed by atoms with Gasteiger partial charge in [-0.05, 0) is 24.1 Å². The molecule has 7 heteroatoms. The third-order valence-electron chi connectivity index (χ3n) is 3.34. The predicted molar refractivity (Wildman–Crippen MR) is 80.6 cm³/mol. The fourth-order valence-corrected chi connectivity index (χ4v) is 2.79. The Morgan fingerprint density at radius 2 is 2.10 bits per heavy atom. The zero-order valence-electron chi connectivity index (χ0n) is 11.4. The first-order chi connectivity index (χ1) is 9.41. The van der Waals surface area contributed by atoms with E-state index in [9.17, 15) is 13.2 Å². The number of nitrogens with two attached hydrogens (primary N) is 1. The highest BCUT2D eigenvalue weighted by molar-refractivity contribution is 7.91. The molecule has 0 unspecified atom stereocenters. The van der Waals surface area contributed by atoms with Gasteiger partial charge in [0, 0.05) is 24.4 Å². The number of amides is 1. The van der Waals surface area contributed by atoms with E-state index in [4.69, 9.17) is 5.73 Å². The number of carbonyl (C=O) groups is 1. The van der Waals surface area contributed by atoms with Gasteiger partial charge in [-0.1, -0.05) is 6.92 Å². The van der Waals surface area contributed by atoms with E-state index in [-0.39, 0.29) is 17.4 Å². The van der Waals surface area contributed by atoms with Crippen LogP contribution < -0.4 is 16.4 Å². The van der Waals surface area contributed by atoms with Crippen LogP contribution in [0.3, 0.4) is 0 Å². The quantitative estimate of drug-likeness (QED) is 0.704. The molecule has 1 aromatic rings. The van der Waals surface area contributed by atoms with Crippen molar-refractivity contribution in [2.45, 2.75) is 19.8 Å². The molecule has 110 valence electrons. The van der Waals surface area contributed by atoms with E-state index in [1.165, 1.54) is 0 Å². The molecule has 1 aliphatic rings. The highest BCUT2D eigenvalue weighted by Gasteiger charge is 2.16. The van der Waals surface area contributed by atoms with Crippen LogP contribution in [0.25, 0.3) is 0 Å². The van der Waals surface area contributed by atoms with Crippen LogP contribution in [0.5, 0.6) is 0 Å². The van der Waals surface area contributed by atoms with E-state index in [1.807, 2.05) is 6.07 Å². The summed E-state index contributed by atoms with van der Waals surface area (Å²) >= 11 is 0. The zero-order valence-corrected chi connectivity index (χ0v) is 12.2. The molecule has 0 aromatic heterocycles. The highest BCUT2D eigenvalue weighted by Crippen LogP contribution is 2.30. The number of nitrogen functional groups attached to an aromatic ring is 1. The monoisotopic (exact) mass is 297 g/mol. The maximum absolute atomic E-state index is 11.4.